The van der Waals surface area contributed by atoms with Gasteiger partial charge in [-0.05, 0) is 56.4 Å². The number of benzene rings is 1. The van der Waals surface area contributed by atoms with Crippen LogP contribution in [-0.2, 0) is 4.79 Å². The van der Waals surface area contributed by atoms with E-state index in [9.17, 15) is 24.9 Å². The molecule has 6 nitrogen and oxygen atoms in total. The van der Waals surface area contributed by atoms with E-state index in [0.29, 0.717) is 42.2 Å². The average Bonchev–Trinajstić information content (AvgIpc) is 2.78. The lowest BCUT2D eigenvalue weighted by Gasteiger charge is -2.62. The van der Waals surface area contributed by atoms with E-state index >= 15 is 0 Å². The summed E-state index contributed by atoms with van der Waals surface area (Å²) in [4.78, 5) is 26.5. The smallest absolute Gasteiger partial charge is 0.327 e. The van der Waals surface area contributed by atoms with Gasteiger partial charge in [0, 0.05) is 16.5 Å². The molecular weight excluding hydrogens is 334 g/mol. The zero-order valence-electron chi connectivity index (χ0n) is 14.5. The molecule has 4 atom stereocenters. The summed E-state index contributed by atoms with van der Waals surface area (Å²) in [5, 5.41) is 31.9. The van der Waals surface area contributed by atoms with Crippen LogP contribution >= 0.6 is 0 Å². The van der Waals surface area contributed by atoms with Crippen molar-refractivity contribution in [2.24, 2.45) is 17.3 Å². The summed E-state index contributed by atoms with van der Waals surface area (Å²) in [5.74, 6) is -0.903. The van der Waals surface area contributed by atoms with Gasteiger partial charge in [0.1, 0.15) is 6.04 Å². The first-order valence-corrected chi connectivity index (χ1v) is 9.37. The lowest BCUT2D eigenvalue weighted by atomic mass is 9.46. The van der Waals surface area contributed by atoms with E-state index in [1.54, 1.807) is 24.3 Å². The van der Waals surface area contributed by atoms with Gasteiger partial charge in [0.15, 0.2) is 6.23 Å². The van der Waals surface area contributed by atoms with Gasteiger partial charge in [-0.1, -0.05) is 18.2 Å². The van der Waals surface area contributed by atoms with Gasteiger partial charge in [0.2, 0.25) is 0 Å². The third kappa shape index (κ3) is 2.06. The number of carbonyl (C=O) groups is 2. The number of carboxylic acids is 1. The molecule has 5 aliphatic rings. The van der Waals surface area contributed by atoms with Gasteiger partial charge < -0.3 is 15.3 Å². The molecule has 6 heteroatoms. The van der Waals surface area contributed by atoms with Crippen molar-refractivity contribution in [3.8, 4) is 0 Å². The highest BCUT2D eigenvalue weighted by atomic mass is 16.4. The zero-order valence-corrected chi connectivity index (χ0v) is 14.5. The molecular formula is C20H23NO5. The maximum Gasteiger partial charge on any atom is 0.327 e. The van der Waals surface area contributed by atoms with Crippen molar-refractivity contribution in [3.63, 3.8) is 0 Å². The minimum absolute atomic E-state index is 0.306. The van der Waals surface area contributed by atoms with E-state index < -0.39 is 35.2 Å². The van der Waals surface area contributed by atoms with Crippen molar-refractivity contribution in [3.05, 3.63) is 35.4 Å². The van der Waals surface area contributed by atoms with Gasteiger partial charge in [-0.2, -0.15) is 0 Å². The molecule has 26 heavy (non-hydrogen) atoms. The summed E-state index contributed by atoms with van der Waals surface area (Å²) < 4.78 is 0. The molecule has 1 aromatic carbocycles. The number of amides is 1. The monoisotopic (exact) mass is 357 g/mol. The largest absolute Gasteiger partial charge is 0.480 e. The van der Waals surface area contributed by atoms with Crippen LogP contribution in [0.25, 0.3) is 0 Å². The van der Waals surface area contributed by atoms with Gasteiger partial charge in [-0.15, -0.1) is 0 Å². The molecule has 4 aliphatic carbocycles. The standard InChI is InChI=1S/C20H23NO5/c22-16-13-3-1-2-4-14(13)17(23)21(16)15(18(24)25)19-6-11-5-12(7-19)9-20(26,8-11)10-19/h1-4,11-12,15-16,22,26H,5-10H2,(H,24,25). The molecule has 1 heterocycles. The van der Waals surface area contributed by atoms with Gasteiger partial charge >= 0.3 is 5.97 Å². The first kappa shape index (κ1) is 16.3. The second-order valence-corrected chi connectivity index (χ2v) is 8.96. The maximum atomic E-state index is 13.0. The number of rotatable bonds is 3. The topological polar surface area (TPSA) is 98.1 Å². The Morgan fingerprint density at radius 3 is 2.38 bits per heavy atom. The van der Waals surface area contributed by atoms with E-state index in [-0.39, 0.29) is 0 Å². The van der Waals surface area contributed by atoms with E-state index in [1.165, 1.54) is 0 Å². The Morgan fingerprint density at radius 1 is 1.15 bits per heavy atom. The molecule has 1 aliphatic heterocycles. The molecule has 4 unspecified atom stereocenters. The maximum absolute atomic E-state index is 13.0. The van der Waals surface area contributed by atoms with Crippen molar-refractivity contribution >= 4 is 11.9 Å². The third-order valence-corrected chi connectivity index (χ3v) is 7.13. The van der Waals surface area contributed by atoms with Crippen molar-refractivity contribution < 1.29 is 24.9 Å². The predicted octanol–water partition coefficient (Wildman–Crippen LogP) is 1.92. The highest BCUT2D eigenvalue weighted by Crippen LogP contribution is 2.64. The average molecular weight is 357 g/mol. The third-order valence-electron chi connectivity index (χ3n) is 7.13. The van der Waals surface area contributed by atoms with Crippen molar-refractivity contribution in [2.45, 2.75) is 56.4 Å². The zero-order chi connectivity index (χ0) is 18.3. The van der Waals surface area contributed by atoms with Gasteiger partial charge in [-0.3, -0.25) is 9.69 Å². The van der Waals surface area contributed by atoms with Crippen molar-refractivity contribution in [1.82, 2.24) is 4.90 Å². The molecule has 0 spiro atoms. The van der Waals surface area contributed by atoms with E-state index in [4.69, 9.17) is 0 Å². The molecule has 0 aromatic heterocycles. The van der Waals surface area contributed by atoms with Gasteiger partial charge in [0.05, 0.1) is 5.60 Å². The first-order valence-electron chi connectivity index (χ1n) is 9.37. The molecule has 4 bridgehead atoms. The minimum Gasteiger partial charge on any atom is -0.480 e. The number of hydrogen-bond donors (Lipinski definition) is 3. The number of carboxylic acid groups (broad SMARTS) is 1. The second kappa shape index (κ2) is 5.08. The predicted molar refractivity (Wildman–Crippen MR) is 91.1 cm³/mol. The number of hydrogen-bond acceptors (Lipinski definition) is 4. The Labute approximate surface area is 151 Å². The van der Waals surface area contributed by atoms with Crippen LogP contribution in [0.5, 0.6) is 0 Å². The van der Waals surface area contributed by atoms with Crippen LogP contribution in [0.3, 0.4) is 0 Å². The highest BCUT2D eigenvalue weighted by molar-refractivity contribution is 6.01. The summed E-state index contributed by atoms with van der Waals surface area (Å²) in [6.07, 6.45) is 3.06. The first-order chi connectivity index (χ1) is 12.3. The SMILES string of the molecule is O=C(O)C(N1C(=O)c2ccccc2C1O)C12CC3CC(CC(O)(C3)C1)C2. The van der Waals surface area contributed by atoms with Crippen molar-refractivity contribution in [1.29, 1.82) is 0 Å². The Hall–Kier alpha value is -1.92. The number of aliphatic hydroxyl groups excluding tert-OH is 1. The quantitative estimate of drug-likeness (QED) is 0.768. The van der Waals surface area contributed by atoms with Gasteiger partial charge in [-0.25, -0.2) is 4.79 Å². The van der Waals surface area contributed by atoms with Crippen LogP contribution in [0.4, 0.5) is 0 Å². The number of nitrogens with zero attached hydrogens (tertiary/aromatic N) is 1. The lowest BCUT2D eigenvalue weighted by molar-refractivity contribution is -0.199. The fraction of sp³-hybridized carbons (Fsp3) is 0.600. The minimum atomic E-state index is -1.25. The molecule has 3 N–H and O–H groups in total. The van der Waals surface area contributed by atoms with Crippen molar-refractivity contribution in [2.75, 3.05) is 0 Å². The number of fused-ring (bicyclic) bond motifs is 1. The van der Waals surface area contributed by atoms with Crippen LogP contribution in [0.15, 0.2) is 24.3 Å². The number of aliphatic carboxylic acids is 1. The molecule has 0 radical (unpaired) electrons. The molecule has 1 aromatic rings. The highest BCUT2D eigenvalue weighted by Gasteiger charge is 2.64. The van der Waals surface area contributed by atoms with Gasteiger partial charge in [0.25, 0.3) is 5.91 Å². The Bertz CT molecular complexity index is 791. The molecule has 4 fully saturated rings. The number of aliphatic hydroxyl groups is 2. The normalized spacial score (nSPS) is 41.4. The Morgan fingerprint density at radius 2 is 1.81 bits per heavy atom. The van der Waals surface area contributed by atoms with Crippen LogP contribution in [0, 0.1) is 17.3 Å². The molecule has 1 amide bonds. The lowest BCUT2D eigenvalue weighted by Crippen LogP contribution is -2.64. The van der Waals surface area contributed by atoms with Crippen LogP contribution in [0.2, 0.25) is 0 Å². The molecule has 4 saturated carbocycles. The fourth-order valence-corrected chi connectivity index (χ4v) is 6.86. The summed E-state index contributed by atoms with van der Waals surface area (Å²) in [6.45, 7) is 0. The number of carbonyl (C=O) groups excluding carboxylic acids is 1. The van der Waals surface area contributed by atoms with Crippen LogP contribution in [0.1, 0.15) is 60.7 Å². The van der Waals surface area contributed by atoms with E-state index in [0.717, 1.165) is 24.2 Å². The van der Waals surface area contributed by atoms with E-state index in [1.807, 2.05) is 0 Å². The Kier molecular flexibility index (Phi) is 3.18. The summed E-state index contributed by atoms with van der Waals surface area (Å²) >= 11 is 0. The summed E-state index contributed by atoms with van der Waals surface area (Å²) in [6, 6.07) is 5.64. The van der Waals surface area contributed by atoms with Crippen LogP contribution in [-0.4, -0.2) is 43.7 Å². The fourth-order valence-electron chi connectivity index (χ4n) is 6.86. The summed E-state index contributed by atoms with van der Waals surface area (Å²) in [7, 11) is 0. The van der Waals surface area contributed by atoms with E-state index in [2.05, 4.69) is 0 Å². The molecule has 6 rings (SSSR count). The second-order valence-electron chi connectivity index (χ2n) is 8.96. The molecule has 0 saturated heterocycles. The molecule has 138 valence electrons. The Balaban J connectivity index is 1.58. The summed E-state index contributed by atoms with van der Waals surface area (Å²) in [5.41, 5.74) is -0.649. The van der Waals surface area contributed by atoms with Crippen LogP contribution < -0.4 is 0 Å².